The molecule has 1 N–H and O–H groups in total. The predicted octanol–water partition coefficient (Wildman–Crippen LogP) is 4.67. The molecule has 1 amide bonds. The van der Waals surface area contributed by atoms with E-state index in [0.29, 0.717) is 33.7 Å². The van der Waals surface area contributed by atoms with Crippen LogP contribution in [0.3, 0.4) is 0 Å². The second-order valence-corrected chi connectivity index (χ2v) is 8.97. The molecular weight excluding hydrogens is 408 g/mol. The maximum Gasteiger partial charge on any atom is 0.340 e. The maximum absolute atomic E-state index is 13.5. The molecule has 0 saturated carbocycles. The molecule has 0 bridgehead atoms. The number of aromatic nitrogens is 3. The minimum Gasteiger partial charge on any atom is -0.497 e. The fourth-order valence-electron chi connectivity index (χ4n) is 3.48. The number of carbonyl (C=O) groups is 2. The standard InChI is InChI=1S/C24H30N4O4/c1-13(2)19-12-17(20-14(3)27-28(21(20)25-19)24(4,5)6)22(29)26-18-10-9-15(31-7)11-16(18)23(30)32-8/h9-13H,1-8H3,(H,26,29). The Kier molecular flexibility index (Phi) is 6.25. The topological polar surface area (TPSA) is 95.3 Å². The Labute approximate surface area is 187 Å². The number of anilines is 1. The highest BCUT2D eigenvalue weighted by atomic mass is 16.5. The molecular formula is C24H30N4O4. The van der Waals surface area contributed by atoms with Gasteiger partial charge in [-0.3, -0.25) is 4.79 Å². The summed E-state index contributed by atoms with van der Waals surface area (Å²) < 4.78 is 11.9. The van der Waals surface area contributed by atoms with Crippen LogP contribution >= 0.6 is 0 Å². The van der Waals surface area contributed by atoms with Crippen molar-refractivity contribution in [3.8, 4) is 5.75 Å². The second-order valence-electron chi connectivity index (χ2n) is 8.97. The third-order valence-electron chi connectivity index (χ3n) is 5.18. The minimum atomic E-state index is -0.571. The van der Waals surface area contributed by atoms with Crippen molar-refractivity contribution in [2.45, 2.75) is 53.0 Å². The smallest absolute Gasteiger partial charge is 0.340 e. The van der Waals surface area contributed by atoms with E-state index in [1.54, 1.807) is 18.2 Å². The lowest BCUT2D eigenvalue weighted by atomic mass is 10.0. The van der Waals surface area contributed by atoms with Gasteiger partial charge in [-0.2, -0.15) is 5.10 Å². The molecule has 8 heteroatoms. The number of hydrogen-bond donors (Lipinski definition) is 1. The van der Waals surface area contributed by atoms with Crippen LogP contribution in [-0.2, 0) is 10.3 Å². The third-order valence-corrected chi connectivity index (χ3v) is 5.18. The van der Waals surface area contributed by atoms with Crippen LogP contribution in [0.25, 0.3) is 11.0 Å². The maximum atomic E-state index is 13.5. The molecule has 0 fully saturated rings. The molecule has 0 aliphatic heterocycles. The number of methoxy groups -OCH3 is 2. The number of aryl methyl sites for hydroxylation is 1. The summed E-state index contributed by atoms with van der Waals surface area (Å²) in [5.41, 5.74) is 2.85. The number of nitrogens with one attached hydrogen (secondary N) is 1. The number of rotatable bonds is 5. The lowest BCUT2D eigenvalue weighted by molar-refractivity contribution is 0.0601. The van der Waals surface area contributed by atoms with E-state index in [1.165, 1.54) is 20.3 Å². The Morgan fingerprint density at radius 2 is 1.78 bits per heavy atom. The monoisotopic (exact) mass is 438 g/mol. The first kappa shape index (κ1) is 23.2. The molecule has 0 spiro atoms. The lowest BCUT2D eigenvalue weighted by Gasteiger charge is -2.20. The van der Waals surface area contributed by atoms with E-state index in [0.717, 1.165) is 5.69 Å². The zero-order valence-corrected chi connectivity index (χ0v) is 19.9. The van der Waals surface area contributed by atoms with E-state index in [1.807, 2.05) is 46.2 Å². The largest absolute Gasteiger partial charge is 0.497 e. The third kappa shape index (κ3) is 4.30. The number of amides is 1. The van der Waals surface area contributed by atoms with Gasteiger partial charge in [-0.25, -0.2) is 14.5 Å². The zero-order valence-electron chi connectivity index (χ0n) is 19.9. The fourth-order valence-corrected chi connectivity index (χ4v) is 3.48. The van der Waals surface area contributed by atoms with Gasteiger partial charge in [0.05, 0.1) is 47.7 Å². The quantitative estimate of drug-likeness (QED) is 0.582. The molecule has 3 aromatic rings. The summed E-state index contributed by atoms with van der Waals surface area (Å²) in [4.78, 5) is 30.6. The summed E-state index contributed by atoms with van der Waals surface area (Å²) in [6.45, 7) is 12.1. The first-order valence-electron chi connectivity index (χ1n) is 10.5. The minimum absolute atomic E-state index is 0.112. The lowest BCUT2D eigenvalue weighted by Crippen LogP contribution is -2.24. The van der Waals surface area contributed by atoms with Crippen molar-refractivity contribution < 1.29 is 19.1 Å². The average Bonchev–Trinajstić information content (AvgIpc) is 3.09. The van der Waals surface area contributed by atoms with Gasteiger partial charge >= 0.3 is 5.97 Å². The first-order chi connectivity index (χ1) is 15.0. The van der Waals surface area contributed by atoms with E-state index >= 15 is 0 Å². The van der Waals surface area contributed by atoms with E-state index < -0.39 is 5.97 Å². The van der Waals surface area contributed by atoms with Crippen LogP contribution in [0.4, 0.5) is 5.69 Å². The van der Waals surface area contributed by atoms with Crippen molar-refractivity contribution in [2.24, 2.45) is 0 Å². The number of carbonyl (C=O) groups excluding carboxylic acids is 2. The van der Waals surface area contributed by atoms with Crippen LogP contribution in [0.2, 0.25) is 0 Å². The molecule has 0 saturated heterocycles. The van der Waals surface area contributed by atoms with Gasteiger partial charge in [0.15, 0.2) is 5.65 Å². The summed E-state index contributed by atoms with van der Waals surface area (Å²) in [5.74, 6) is -0.329. The number of fused-ring (bicyclic) bond motifs is 1. The highest BCUT2D eigenvalue weighted by molar-refractivity contribution is 6.14. The molecule has 170 valence electrons. The highest BCUT2D eigenvalue weighted by Gasteiger charge is 2.26. The van der Waals surface area contributed by atoms with E-state index in [9.17, 15) is 9.59 Å². The van der Waals surface area contributed by atoms with Crippen molar-refractivity contribution in [2.75, 3.05) is 19.5 Å². The number of esters is 1. The molecule has 0 atom stereocenters. The van der Waals surface area contributed by atoms with Gasteiger partial charge in [0.1, 0.15) is 5.75 Å². The Hall–Kier alpha value is -3.42. The fraction of sp³-hybridized carbons (Fsp3) is 0.417. The molecule has 2 heterocycles. The average molecular weight is 439 g/mol. The summed E-state index contributed by atoms with van der Waals surface area (Å²) in [6.07, 6.45) is 0. The Bertz CT molecular complexity index is 1190. The Morgan fingerprint density at radius 1 is 1.09 bits per heavy atom. The number of nitrogens with zero attached hydrogens (tertiary/aromatic N) is 3. The highest BCUT2D eigenvalue weighted by Crippen LogP contribution is 2.30. The van der Waals surface area contributed by atoms with Crippen LogP contribution in [-0.4, -0.2) is 40.9 Å². The molecule has 1 aromatic carbocycles. The SMILES string of the molecule is COC(=O)c1cc(OC)ccc1NC(=O)c1cc(C(C)C)nc2c1c(C)nn2C(C)(C)C. The van der Waals surface area contributed by atoms with Crippen LogP contribution in [0, 0.1) is 6.92 Å². The van der Waals surface area contributed by atoms with E-state index in [4.69, 9.17) is 14.5 Å². The number of hydrogen-bond acceptors (Lipinski definition) is 6. The van der Waals surface area contributed by atoms with Crippen molar-refractivity contribution >= 4 is 28.6 Å². The van der Waals surface area contributed by atoms with Gasteiger partial charge in [0.2, 0.25) is 0 Å². The van der Waals surface area contributed by atoms with Gasteiger partial charge in [-0.1, -0.05) is 13.8 Å². The molecule has 32 heavy (non-hydrogen) atoms. The van der Waals surface area contributed by atoms with Gasteiger partial charge in [-0.15, -0.1) is 0 Å². The summed E-state index contributed by atoms with van der Waals surface area (Å²) in [7, 11) is 2.80. The molecule has 0 aliphatic carbocycles. The van der Waals surface area contributed by atoms with Crippen LogP contribution in [0.5, 0.6) is 5.75 Å². The van der Waals surface area contributed by atoms with Gasteiger partial charge in [0, 0.05) is 5.69 Å². The van der Waals surface area contributed by atoms with Crippen molar-refractivity contribution in [3.05, 3.63) is 46.8 Å². The molecule has 8 nitrogen and oxygen atoms in total. The van der Waals surface area contributed by atoms with Crippen LogP contribution < -0.4 is 10.1 Å². The molecule has 0 aliphatic rings. The summed E-state index contributed by atoms with van der Waals surface area (Å²) >= 11 is 0. The van der Waals surface area contributed by atoms with Crippen LogP contribution in [0.15, 0.2) is 24.3 Å². The van der Waals surface area contributed by atoms with Crippen LogP contribution in [0.1, 0.15) is 72.6 Å². The summed E-state index contributed by atoms with van der Waals surface area (Å²) in [5, 5.41) is 8.23. The van der Waals surface area contributed by atoms with Crippen molar-refractivity contribution in [3.63, 3.8) is 0 Å². The Morgan fingerprint density at radius 3 is 2.34 bits per heavy atom. The van der Waals surface area contributed by atoms with E-state index in [2.05, 4.69) is 10.4 Å². The predicted molar refractivity (Wildman–Crippen MR) is 124 cm³/mol. The van der Waals surface area contributed by atoms with E-state index in [-0.39, 0.29) is 22.9 Å². The Balaban J connectivity index is 2.17. The van der Waals surface area contributed by atoms with Gasteiger partial charge in [-0.05, 0) is 57.9 Å². The number of ether oxygens (including phenoxy) is 2. The number of pyridine rings is 1. The van der Waals surface area contributed by atoms with Gasteiger partial charge in [0.25, 0.3) is 5.91 Å². The van der Waals surface area contributed by atoms with Gasteiger partial charge < -0.3 is 14.8 Å². The normalized spacial score (nSPS) is 11.7. The number of benzene rings is 1. The second kappa shape index (κ2) is 8.61. The molecule has 3 rings (SSSR count). The van der Waals surface area contributed by atoms with Crippen molar-refractivity contribution in [1.82, 2.24) is 14.8 Å². The first-order valence-corrected chi connectivity index (χ1v) is 10.5. The summed E-state index contributed by atoms with van der Waals surface area (Å²) in [6, 6.07) is 6.63. The molecule has 0 unspecified atom stereocenters. The van der Waals surface area contributed by atoms with Crippen molar-refractivity contribution in [1.29, 1.82) is 0 Å². The molecule has 2 aromatic heterocycles. The zero-order chi connectivity index (χ0) is 23.8. The molecule has 0 radical (unpaired) electrons.